The predicted octanol–water partition coefficient (Wildman–Crippen LogP) is 3.65. The van der Waals surface area contributed by atoms with Gasteiger partial charge >= 0.3 is 5.97 Å². The third-order valence-corrected chi connectivity index (χ3v) is 3.65. The van der Waals surface area contributed by atoms with Crippen molar-refractivity contribution < 1.29 is 18.7 Å². The molecule has 0 spiro atoms. The minimum atomic E-state index is -1.49. The SMILES string of the molecule is Cc1cscc1CNc1ccc(C(=O)O)c(F)c1F. The number of anilines is 1. The molecule has 2 N–H and O–H groups in total. The van der Waals surface area contributed by atoms with E-state index >= 15 is 0 Å². The van der Waals surface area contributed by atoms with Crippen LogP contribution in [0.4, 0.5) is 14.5 Å². The first kappa shape index (κ1) is 13.5. The van der Waals surface area contributed by atoms with Crippen molar-refractivity contribution in [1.29, 1.82) is 0 Å². The molecule has 0 saturated heterocycles. The molecule has 1 aromatic heterocycles. The van der Waals surface area contributed by atoms with Gasteiger partial charge < -0.3 is 10.4 Å². The number of rotatable bonds is 4. The van der Waals surface area contributed by atoms with Crippen LogP contribution in [0.25, 0.3) is 0 Å². The summed E-state index contributed by atoms with van der Waals surface area (Å²) in [5, 5.41) is 15.3. The molecule has 0 aliphatic heterocycles. The third kappa shape index (κ3) is 2.73. The van der Waals surface area contributed by atoms with Crippen LogP contribution in [0, 0.1) is 18.6 Å². The van der Waals surface area contributed by atoms with Gasteiger partial charge in [0.2, 0.25) is 0 Å². The van der Waals surface area contributed by atoms with Crippen LogP contribution in [0.15, 0.2) is 22.9 Å². The average Bonchev–Trinajstić information content (AvgIpc) is 2.76. The van der Waals surface area contributed by atoms with Crippen LogP contribution in [-0.2, 0) is 6.54 Å². The van der Waals surface area contributed by atoms with Gasteiger partial charge in [-0.1, -0.05) is 0 Å². The molecule has 0 unspecified atom stereocenters. The molecule has 0 radical (unpaired) electrons. The van der Waals surface area contributed by atoms with E-state index in [1.807, 2.05) is 17.7 Å². The molecular formula is C13H11F2NO2S. The van der Waals surface area contributed by atoms with E-state index in [4.69, 9.17) is 5.11 Å². The van der Waals surface area contributed by atoms with Crippen LogP contribution >= 0.6 is 11.3 Å². The maximum absolute atomic E-state index is 13.7. The van der Waals surface area contributed by atoms with Crippen LogP contribution in [0.1, 0.15) is 21.5 Å². The summed E-state index contributed by atoms with van der Waals surface area (Å²) < 4.78 is 27.1. The molecule has 0 atom stereocenters. The van der Waals surface area contributed by atoms with E-state index in [0.29, 0.717) is 6.54 Å². The van der Waals surface area contributed by atoms with Gasteiger partial charge in [-0.3, -0.25) is 0 Å². The zero-order valence-electron chi connectivity index (χ0n) is 10.0. The zero-order chi connectivity index (χ0) is 14.0. The highest BCUT2D eigenvalue weighted by Gasteiger charge is 2.17. The molecule has 100 valence electrons. The minimum absolute atomic E-state index is 0.0481. The largest absolute Gasteiger partial charge is 0.478 e. The number of benzene rings is 1. The van der Waals surface area contributed by atoms with E-state index in [2.05, 4.69) is 5.32 Å². The normalized spacial score (nSPS) is 10.5. The second-order valence-electron chi connectivity index (χ2n) is 4.03. The fraction of sp³-hybridized carbons (Fsp3) is 0.154. The number of nitrogens with one attached hydrogen (secondary N) is 1. The van der Waals surface area contributed by atoms with Gasteiger partial charge in [0.25, 0.3) is 0 Å². The number of aryl methyl sites for hydroxylation is 1. The lowest BCUT2D eigenvalue weighted by molar-refractivity contribution is 0.0690. The fourth-order valence-electron chi connectivity index (χ4n) is 1.61. The number of hydrogen-bond acceptors (Lipinski definition) is 3. The van der Waals surface area contributed by atoms with Crippen molar-refractivity contribution in [1.82, 2.24) is 0 Å². The smallest absolute Gasteiger partial charge is 0.338 e. The molecule has 0 bridgehead atoms. The summed E-state index contributed by atoms with van der Waals surface area (Å²) >= 11 is 1.53. The monoisotopic (exact) mass is 283 g/mol. The number of carbonyl (C=O) groups is 1. The van der Waals surface area contributed by atoms with Crippen LogP contribution in [0.2, 0.25) is 0 Å². The number of halogens is 2. The molecule has 0 saturated carbocycles. The summed E-state index contributed by atoms with van der Waals surface area (Å²) in [6.45, 7) is 2.29. The Kier molecular flexibility index (Phi) is 3.80. The first-order valence-corrected chi connectivity index (χ1v) is 6.42. The van der Waals surface area contributed by atoms with E-state index in [1.165, 1.54) is 17.4 Å². The molecule has 1 aromatic carbocycles. The summed E-state index contributed by atoms with van der Waals surface area (Å²) in [6, 6.07) is 2.27. The van der Waals surface area contributed by atoms with E-state index < -0.39 is 23.2 Å². The summed E-state index contributed by atoms with van der Waals surface area (Å²) in [4.78, 5) is 10.6. The second kappa shape index (κ2) is 5.36. The Balaban J connectivity index is 2.20. The van der Waals surface area contributed by atoms with Crippen LogP contribution in [-0.4, -0.2) is 11.1 Å². The number of aromatic carboxylic acids is 1. The number of hydrogen-bond donors (Lipinski definition) is 2. The van der Waals surface area contributed by atoms with Crippen molar-refractivity contribution in [3.63, 3.8) is 0 Å². The van der Waals surface area contributed by atoms with Crippen LogP contribution < -0.4 is 5.32 Å². The summed E-state index contributed by atoms with van der Waals surface area (Å²) in [6.07, 6.45) is 0. The van der Waals surface area contributed by atoms with Crippen molar-refractivity contribution in [2.24, 2.45) is 0 Å². The van der Waals surface area contributed by atoms with Crippen molar-refractivity contribution >= 4 is 23.0 Å². The Morgan fingerprint density at radius 3 is 2.63 bits per heavy atom. The minimum Gasteiger partial charge on any atom is -0.478 e. The molecule has 2 aromatic rings. The molecule has 1 heterocycles. The highest BCUT2D eigenvalue weighted by Crippen LogP contribution is 2.22. The van der Waals surface area contributed by atoms with Gasteiger partial charge in [0.1, 0.15) is 0 Å². The van der Waals surface area contributed by atoms with Gasteiger partial charge in [-0.2, -0.15) is 11.3 Å². The van der Waals surface area contributed by atoms with Crippen molar-refractivity contribution in [2.45, 2.75) is 13.5 Å². The Morgan fingerprint density at radius 2 is 2.05 bits per heavy atom. The molecular weight excluding hydrogens is 272 g/mol. The fourth-order valence-corrected chi connectivity index (χ4v) is 2.47. The lowest BCUT2D eigenvalue weighted by Crippen LogP contribution is -2.07. The quantitative estimate of drug-likeness (QED) is 0.900. The maximum atomic E-state index is 13.7. The van der Waals surface area contributed by atoms with E-state index in [0.717, 1.165) is 17.2 Å². The topological polar surface area (TPSA) is 49.3 Å². The third-order valence-electron chi connectivity index (χ3n) is 2.74. The summed E-state index contributed by atoms with van der Waals surface area (Å²) in [5.41, 5.74) is 1.34. The van der Waals surface area contributed by atoms with Gasteiger partial charge in [-0.05, 0) is 40.9 Å². The Labute approximate surface area is 112 Å². The molecule has 0 aliphatic carbocycles. The number of carboxylic acid groups (broad SMARTS) is 1. The van der Waals surface area contributed by atoms with Crippen LogP contribution in [0.3, 0.4) is 0 Å². The highest BCUT2D eigenvalue weighted by molar-refractivity contribution is 7.08. The first-order chi connectivity index (χ1) is 9.00. The summed E-state index contributed by atoms with van der Waals surface area (Å²) in [7, 11) is 0. The van der Waals surface area contributed by atoms with Gasteiger partial charge in [0.05, 0.1) is 11.3 Å². The lowest BCUT2D eigenvalue weighted by atomic mass is 10.1. The predicted molar refractivity (Wildman–Crippen MR) is 69.7 cm³/mol. The molecule has 2 rings (SSSR count). The summed E-state index contributed by atoms with van der Waals surface area (Å²) in [5.74, 6) is -4.01. The lowest BCUT2D eigenvalue weighted by Gasteiger charge is -2.09. The highest BCUT2D eigenvalue weighted by atomic mass is 32.1. The zero-order valence-corrected chi connectivity index (χ0v) is 10.9. The molecule has 0 amide bonds. The van der Waals surface area contributed by atoms with Gasteiger partial charge in [-0.15, -0.1) is 0 Å². The maximum Gasteiger partial charge on any atom is 0.338 e. The van der Waals surface area contributed by atoms with Gasteiger partial charge in [-0.25, -0.2) is 13.6 Å². The van der Waals surface area contributed by atoms with E-state index in [-0.39, 0.29) is 5.69 Å². The van der Waals surface area contributed by atoms with Gasteiger partial charge in [0, 0.05) is 6.54 Å². The van der Waals surface area contributed by atoms with Crippen molar-refractivity contribution in [2.75, 3.05) is 5.32 Å². The van der Waals surface area contributed by atoms with E-state index in [9.17, 15) is 13.6 Å². The number of thiophene rings is 1. The molecule has 0 aliphatic rings. The van der Waals surface area contributed by atoms with Crippen LogP contribution in [0.5, 0.6) is 0 Å². The Morgan fingerprint density at radius 1 is 1.32 bits per heavy atom. The second-order valence-corrected chi connectivity index (χ2v) is 4.77. The standard InChI is InChI=1S/C13H11F2NO2S/c1-7-5-19-6-8(7)4-16-10-3-2-9(13(17)18)11(14)12(10)15/h2-3,5-6,16H,4H2,1H3,(H,17,18). The molecule has 0 fully saturated rings. The van der Waals surface area contributed by atoms with E-state index in [1.54, 1.807) is 0 Å². The van der Waals surface area contributed by atoms with Gasteiger partial charge in [0.15, 0.2) is 11.6 Å². The molecule has 3 nitrogen and oxygen atoms in total. The van der Waals surface area contributed by atoms with Crippen molar-refractivity contribution in [3.05, 3.63) is 51.2 Å². The van der Waals surface area contributed by atoms with Crippen molar-refractivity contribution in [3.8, 4) is 0 Å². The number of carboxylic acids is 1. The molecule has 6 heteroatoms. The molecule has 19 heavy (non-hydrogen) atoms. The Bertz CT molecular complexity index is 625. The Hall–Kier alpha value is -1.95. The average molecular weight is 283 g/mol. The first-order valence-electron chi connectivity index (χ1n) is 5.47.